The average Bonchev–Trinajstić information content (AvgIpc) is 3.74. The van der Waals surface area contributed by atoms with Crippen molar-refractivity contribution in [2.75, 3.05) is 13.2 Å². The van der Waals surface area contributed by atoms with Crippen LogP contribution in [-0.2, 0) is 26.2 Å². The fourth-order valence-electron chi connectivity index (χ4n) is 5.93. The summed E-state index contributed by atoms with van der Waals surface area (Å²) in [7, 11) is 0. The van der Waals surface area contributed by atoms with Gasteiger partial charge >= 0.3 is 5.97 Å². The van der Waals surface area contributed by atoms with Crippen LogP contribution < -0.4 is 15.4 Å². The third kappa shape index (κ3) is 19.7. The van der Waals surface area contributed by atoms with E-state index in [-0.39, 0.29) is 24.3 Å². The molecule has 0 spiro atoms. The van der Waals surface area contributed by atoms with Crippen LogP contribution in [0.25, 0.3) is 22.5 Å². The van der Waals surface area contributed by atoms with E-state index in [0.29, 0.717) is 10.7 Å². The molecule has 0 saturated heterocycles. The molecule has 60 heavy (non-hydrogen) atoms. The van der Waals surface area contributed by atoms with Crippen LogP contribution in [0.1, 0.15) is 160 Å². The van der Waals surface area contributed by atoms with Gasteiger partial charge in [-0.3, -0.25) is 14.4 Å². The van der Waals surface area contributed by atoms with E-state index in [1.54, 1.807) is 39.2 Å². The highest BCUT2D eigenvalue weighted by atomic mass is 32.1. The van der Waals surface area contributed by atoms with E-state index in [0.717, 1.165) is 45.9 Å². The molecular formula is C50H74N4O5S. The maximum absolute atomic E-state index is 13.3. The minimum Gasteiger partial charge on any atom is -0.494 e. The van der Waals surface area contributed by atoms with Gasteiger partial charge in [0.15, 0.2) is 5.82 Å². The van der Waals surface area contributed by atoms with Gasteiger partial charge in [-0.1, -0.05) is 150 Å². The number of unbranched alkanes of at least 4 members (excludes halogenated alkanes) is 8. The van der Waals surface area contributed by atoms with Crippen molar-refractivity contribution in [1.82, 2.24) is 20.6 Å². The van der Waals surface area contributed by atoms with Gasteiger partial charge in [0.05, 0.1) is 11.5 Å². The Morgan fingerprint density at radius 3 is 1.77 bits per heavy atom. The van der Waals surface area contributed by atoms with E-state index in [1.165, 1.54) is 69.1 Å². The topological polar surface area (TPSA) is 120 Å². The summed E-state index contributed by atoms with van der Waals surface area (Å²) in [6, 6.07) is 18.3. The van der Waals surface area contributed by atoms with Gasteiger partial charge in [-0.2, -0.15) is 0 Å². The van der Waals surface area contributed by atoms with Crippen molar-refractivity contribution in [3.05, 3.63) is 88.4 Å². The van der Waals surface area contributed by atoms with Crippen molar-refractivity contribution in [2.24, 2.45) is 0 Å². The third-order valence-corrected chi connectivity index (χ3v) is 10.7. The Bertz CT molecular complexity index is 1800. The minimum atomic E-state index is -0.927. The maximum Gasteiger partial charge on any atom is 0.325 e. The molecule has 2 aromatic carbocycles. The van der Waals surface area contributed by atoms with Crippen molar-refractivity contribution in [1.29, 1.82) is 0 Å². The van der Waals surface area contributed by atoms with Gasteiger partial charge in [0.1, 0.15) is 23.9 Å². The van der Waals surface area contributed by atoms with Gasteiger partial charge in [0, 0.05) is 34.8 Å². The predicted octanol–water partition coefficient (Wildman–Crippen LogP) is 12.3. The molecule has 0 fully saturated rings. The SMILES string of the molecule is CC.CCCCCCC.CCCCCCCOc1ccc(-c2cnc(-c3ccc(CC(NC(=O)c4ccc(C(C)(C)C)s4)C(=O)NCC(=O)OC(C)(C)C)cc3)nc2)cc1. The van der Waals surface area contributed by atoms with E-state index in [9.17, 15) is 14.4 Å². The number of carbonyl (C=O) groups is 3. The summed E-state index contributed by atoms with van der Waals surface area (Å²) in [4.78, 5) is 49.7. The molecule has 0 aliphatic rings. The van der Waals surface area contributed by atoms with Crippen molar-refractivity contribution in [3.8, 4) is 28.3 Å². The molecule has 0 radical (unpaired) electrons. The summed E-state index contributed by atoms with van der Waals surface area (Å²) in [6.07, 6.45) is 16.8. The lowest BCUT2D eigenvalue weighted by Gasteiger charge is -2.21. The molecule has 1 atom stereocenters. The second kappa shape index (κ2) is 27.3. The first kappa shape index (κ1) is 51.6. The van der Waals surface area contributed by atoms with Crippen LogP contribution in [0, 0.1) is 0 Å². The van der Waals surface area contributed by atoms with Crippen molar-refractivity contribution >= 4 is 29.1 Å². The molecule has 2 heterocycles. The van der Waals surface area contributed by atoms with Crippen LogP contribution in [-0.4, -0.2) is 52.5 Å². The van der Waals surface area contributed by atoms with Gasteiger partial charge in [0.25, 0.3) is 5.91 Å². The van der Waals surface area contributed by atoms with Crippen LogP contribution in [0.15, 0.2) is 73.1 Å². The van der Waals surface area contributed by atoms with Gasteiger partial charge in [-0.05, 0) is 68.0 Å². The molecule has 0 aliphatic carbocycles. The zero-order valence-electron chi connectivity index (χ0n) is 38.5. The van der Waals surface area contributed by atoms with Crippen molar-refractivity contribution in [2.45, 2.75) is 164 Å². The number of rotatable bonds is 20. The van der Waals surface area contributed by atoms with Crippen LogP contribution in [0.5, 0.6) is 5.75 Å². The number of thiophene rings is 1. The molecule has 9 nitrogen and oxygen atoms in total. The molecule has 0 aliphatic heterocycles. The van der Waals surface area contributed by atoms with E-state index < -0.39 is 23.5 Å². The highest BCUT2D eigenvalue weighted by Crippen LogP contribution is 2.30. The lowest BCUT2D eigenvalue weighted by atomic mass is 9.95. The largest absolute Gasteiger partial charge is 0.494 e. The molecule has 1 unspecified atom stereocenters. The Balaban J connectivity index is 0.00000125. The van der Waals surface area contributed by atoms with E-state index in [1.807, 2.05) is 68.4 Å². The minimum absolute atomic E-state index is 0.104. The number of nitrogens with zero attached hydrogens (tertiary/aromatic N) is 2. The Labute approximate surface area is 365 Å². The fraction of sp³-hybridized carbons (Fsp3) is 0.540. The Morgan fingerprint density at radius 2 is 1.23 bits per heavy atom. The van der Waals surface area contributed by atoms with Gasteiger partial charge < -0.3 is 20.1 Å². The van der Waals surface area contributed by atoms with Crippen LogP contribution in [0.3, 0.4) is 0 Å². The third-order valence-electron chi connectivity index (χ3n) is 9.23. The number of esters is 1. The second-order valence-corrected chi connectivity index (χ2v) is 17.9. The molecule has 0 bridgehead atoms. The first-order chi connectivity index (χ1) is 28.6. The molecule has 10 heteroatoms. The van der Waals surface area contributed by atoms with Crippen LogP contribution in [0.2, 0.25) is 0 Å². The maximum atomic E-state index is 13.3. The van der Waals surface area contributed by atoms with Gasteiger partial charge in [0.2, 0.25) is 5.91 Å². The number of carbonyl (C=O) groups excluding carboxylic acids is 3. The van der Waals surface area contributed by atoms with Gasteiger partial charge in [-0.25, -0.2) is 9.97 Å². The zero-order chi connectivity index (χ0) is 44.6. The van der Waals surface area contributed by atoms with Crippen molar-refractivity contribution in [3.63, 3.8) is 0 Å². The molecule has 2 aromatic heterocycles. The van der Waals surface area contributed by atoms with Crippen molar-refractivity contribution < 1.29 is 23.9 Å². The normalized spacial score (nSPS) is 11.6. The Hall–Kier alpha value is -4.57. The first-order valence-electron chi connectivity index (χ1n) is 22.2. The first-order valence-corrected chi connectivity index (χ1v) is 23.0. The summed E-state index contributed by atoms with van der Waals surface area (Å²) in [6.45, 7) is 22.7. The molecule has 2 N–H and O–H groups in total. The van der Waals surface area contributed by atoms with E-state index in [2.05, 4.69) is 62.1 Å². The van der Waals surface area contributed by atoms with Crippen LogP contribution in [0.4, 0.5) is 0 Å². The summed E-state index contributed by atoms with van der Waals surface area (Å²) in [5.41, 5.74) is 2.75. The number of hydrogen-bond acceptors (Lipinski definition) is 8. The van der Waals surface area contributed by atoms with E-state index >= 15 is 0 Å². The second-order valence-electron chi connectivity index (χ2n) is 16.8. The number of nitrogens with one attached hydrogen (secondary N) is 2. The molecule has 2 amide bonds. The Kier molecular flexibility index (Phi) is 23.5. The lowest BCUT2D eigenvalue weighted by molar-refractivity contribution is -0.154. The average molecular weight is 843 g/mol. The number of ether oxygens (including phenoxy) is 2. The quantitative estimate of drug-likeness (QED) is 0.0671. The molecule has 4 rings (SSSR count). The summed E-state index contributed by atoms with van der Waals surface area (Å²) >= 11 is 1.40. The fourth-order valence-corrected chi connectivity index (χ4v) is 6.90. The summed E-state index contributed by atoms with van der Waals surface area (Å²) in [5, 5.41) is 5.52. The number of aromatic nitrogens is 2. The van der Waals surface area contributed by atoms with Gasteiger partial charge in [-0.15, -0.1) is 11.3 Å². The monoisotopic (exact) mass is 843 g/mol. The molecule has 330 valence electrons. The number of hydrogen-bond donors (Lipinski definition) is 2. The number of amides is 2. The standard InChI is InChI=1S/C41H52N4O5S.C7H16.C2H6/c1-8-9-10-11-12-23-49-32-19-17-29(18-20-32)31-25-42-37(43-26-31)30-15-13-28(14-16-30)24-33(38(47)44-27-36(46)50-41(5,6)7)45-39(48)34-21-22-35(51-34)40(2,3)4;1-3-5-7-6-4-2;1-2/h13-22,25-26,33H,8-12,23-24,27H2,1-7H3,(H,44,47)(H,45,48);3-7H2,1-2H3;1-2H3. The predicted molar refractivity (Wildman–Crippen MR) is 250 cm³/mol. The Morgan fingerprint density at radius 1 is 0.683 bits per heavy atom. The summed E-state index contributed by atoms with van der Waals surface area (Å²) < 4.78 is 11.2. The van der Waals surface area contributed by atoms with E-state index in [4.69, 9.17) is 9.47 Å². The highest BCUT2D eigenvalue weighted by Gasteiger charge is 2.26. The number of benzene rings is 2. The zero-order valence-corrected chi connectivity index (χ0v) is 39.4. The highest BCUT2D eigenvalue weighted by molar-refractivity contribution is 7.14. The molecule has 0 saturated carbocycles. The molecule has 4 aromatic rings. The smallest absolute Gasteiger partial charge is 0.325 e. The van der Waals surface area contributed by atoms with Crippen LogP contribution >= 0.6 is 11.3 Å². The summed E-state index contributed by atoms with van der Waals surface area (Å²) in [5.74, 6) is 0.0414. The molecular weight excluding hydrogens is 769 g/mol. The lowest BCUT2D eigenvalue weighted by Crippen LogP contribution is -2.49.